The van der Waals surface area contributed by atoms with E-state index in [2.05, 4.69) is 49.1 Å². The van der Waals surface area contributed by atoms with E-state index < -0.39 is 0 Å². The van der Waals surface area contributed by atoms with Gasteiger partial charge in [0, 0.05) is 41.6 Å². The number of anilines is 3. The maximum Gasteiger partial charge on any atom is 0.229 e. The van der Waals surface area contributed by atoms with Gasteiger partial charge in [0.15, 0.2) is 0 Å². The Hall–Kier alpha value is -1.66. The summed E-state index contributed by atoms with van der Waals surface area (Å²) in [6, 6.07) is 10.1. The summed E-state index contributed by atoms with van der Waals surface area (Å²) in [7, 11) is 2.18. The Morgan fingerprint density at radius 2 is 1.83 bits per heavy atom. The molecule has 0 atom stereocenters. The number of aromatic nitrogens is 2. The van der Waals surface area contributed by atoms with E-state index in [0.717, 1.165) is 54.3 Å². The van der Waals surface area contributed by atoms with Crippen molar-refractivity contribution in [1.82, 2.24) is 14.9 Å². The van der Waals surface area contributed by atoms with Crippen molar-refractivity contribution in [2.75, 3.05) is 43.4 Å². The molecule has 0 amide bonds. The first kappa shape index (κ1) is 16.2. The zero-order chi connectivity index (χ0) is 16.2. The molecule has 6 heteroatoms. The second-order valence-electron chi connectivity index (χ2n) is 5.97. The van der Waals surface area contributed by atoms with Gasteiger partial charge in [-0.3, -0.25) is 0 Å². The minimum atomic E-state index is 0.653. The van der Waals surface area contributed by atoms with E-state index in [1.807, 2.05) is 31.2 Å². The fourth-order valence-corrected chi connectivity index (χ4v) is 2.97. The van der Waals surface area contributed by atoms with Gasteiger partial charge in [0.1, 0.15) is 5.82 Å². The largest absolute Gasteiger partial charge is 0.355 e. The molecule has 1 aromatic carbocycles. The van der Waals surface area contributed by atoms with Gasteiger partial charge >= 0.3 is 0 Å². The van der Waals surface area contributed by atoms with Crippen molar-refractivity contribution < 1.29 is 0 Å². The number of benzene rings is 1. The lowest BCUT2D eigenvalue weighted by Gasteiger charge is -2.22. The van der Waals surface area contributed by atoms with Crippen molar-refractivity contribution in [3.63, 3.8) is 0 Å². The molecule has 3 rings (SSSR count). The van der Waals surface area contributed by atoms with Crippen LogP contribution in [0.4, 0.5) is 17.5 Å². The van der Waals surface area contributed by atoms with Crippen LogP contribution in [0.25, 0.3) is 0 Å². The average molecular weight is 376 g/mol. The van der Waals surface area contributed by atoms with E-state index >= 15 is 0 Å². The molecule has 1 N–H and O–H groups in total. The minimum absolute atomic E-state index is 0.653. The molecule has 0 bridgehead atoms. The van der Waals surface area contributed by atoms with Crippen LogP contribution in [0, 0.1) is 6.92 Å². The van der Waals surface area contributed by atoms with Crippen molar-refractivity contribution in [3.8, 4) is 0 Å². The van der Waals surface area contributed by atoms with Gasteiger partial charge in [0.05, 0.1) is 0 Å². The predicted octanol–water partition coefficient (Wildman–Crippen LogP) is 3.43. The quantitative estimate of drug-likeness (QED) is 0.889. The summed E-state index contributed by atoms with van der Waals surface area (Å²) in [6.45, 7) is 6.27. The topological polar surface area (TPSA) is 44.3 Å². The summed E-state index contributed by atoms with van der Waals surface area (Å²) >= 11 is 3.45. The number of aryl methyl sites for hydroxylation is 1. The van der Waals surface area contributed by atoms with E-state index in [-0.39, 0.29) is 0 Å². The van der Waals surface area contributed by atoms with Crippen LogP contribution >= 0.6 is 15.9 Å². The molecule has 0 aliphatic carbocycles. The predicted molar refractivity (Wildman–Crippen MR) is 98.5 cm³/mol. The highest BCUT2D eigenvalue weighted by molar-refractivity contribution is 9.10. The van der Waals surface area contributed by atoms with Gasteiger partial charge in [-0.05, 0) is 51.2 Å². The maximum atomic E-state index is 4.72. The Balaban J connectivity index is 1.79. The Bertz CT molecular complexity index is 659. The van der Waals surface area contributed by atoms with Crippen molar-refractivity contribution in [3.05, 3.63) is 40.5 Å². The SMILES string of the molecule is Cc1cc(N2CCCN(C)CC2)nc(Nc2ccc(Br)cc2)n1. The number of halogens is 1. The zero-order valence-electron chi connectivity index (χ0n) is 13.6. The lowest BCUT2D eigenvalue weighted by molar-refractivity contribution is 0.360. The molecule has 1 fully saturated rings. The lowest BCUT2D eigenvalue weighted by atomic mass is 10.3. The number of hydrogen-bond donors (Lipinski definition) is 1. The fourth-order valence-electron chi connectivity index (χ4n) is 2.71. The molecule has 5 nitrogen and oxygen atoms in total. The van der Waals surface area contributed by atoms with Gasteiger partial charge in [-0.15, -0.1) is 0 Å². The van der Waals surface area contributed by atoms with Crippen LogP contribution in [0.2, 0.25) is 0 Å². The molecule has 1 aliphatic rings. The number of hydrogen-bond acceptors (Lipinski definition) is 5. The summed E-state index contributed by atoms with van der Waals surface area (Å²) in [5, 5.41) is 3.30. The zero-order valence-corrected chi connectivity index (χ0v) is 15.2. The Morgan fingerprint density at radius 1 is 1.04 bits per heavy atom. The monoisotopic (exact) mass is 375 g/mol. The highest BCUT2D eigenvalue weighted by Gasteiger charge is 2.15. The van der Waals surface area contributed by atoms with Gasteiger partial charge < -0.3 is 15.1 Å². The van der Waals surface area contributed by atoms with E-state index in [0.29, 0.717) is 5.95 Å². The number of likely N-dealkylation sites (N-methyl/N-ethyl adjacent to an activating group) is 1. The first-order chi connectivity index (χ1) is 11.1. The second kappa shape index (κ2) is 7.27. The standard InChI is InChI=1S/C17H22BrN5/c1-13-12-16(23-9-3-8-22(2)10-11-23)21-17(19-13)20-15-6-4-14(18)5-7-15/h4-7,12H,3,8-11H2,1-2H3,(H,19,20,21). The molecular formula is C17H22BrN5. The fraction of sp³-hybridized carbons (Fsp3) is 0.412. The van der Waals surface area contributed by atoms with Gasteiger partial charge in [0.2, 0.25) is 5.95 Å². The average Bonchev–Trinajstić information content (AvgIpc) is 2.74. The van der Waals surface area contributed by atoms with Crippen LogP contribution in [0.3, 0.4) is 0 Å². The molecule has 2 heterocycles. The van der Waals surface area contributed by atoms with E-state index in [4.69, 9.17) is 4.98 Å². The number of nitrogens with zero attached hydrogens (tertiary/aromatic N) is 4. The number of rotatable bonds is 3. The molecular weight excluding hydrogens is 354 g/mol. The van der Waals surface area contributed by atoms with Crippen LogP contribution in [0.15, 0.2) is 34.8 Å². The van der Waals surface area contributed by atoms with Crippen LogP contribution in [-0.4, -0.2) is 48.1 Å². The molecule has 2 aromatic rings. The molecule has 1 aliphatic heterocycles. The highest BCUT2D eigenvalue weighted by Crippen LogP contribution is 2.21. The maximum absolute atomic E-state index is 4.72. The first-order valence-corrected chi connectivity index (χ1v) is 8.71. The molecule has 122 valence electrons. The lowest BCUT2D eigenvalue weighted by Crippen LogP contribution is -2.29. The highest BCUT2D eigenvalue weighted by atomic mass is 79.9. The second-order valence-corrected chi connectivity index (χ2v) is 6.88. The Kier molecular flexibility index (Phi) is 5.13. The van der Waals surface area contributed by atoms with Crippen LogP contribution < -0.4 is 10.2 Å². The normalized spacial score (nSPS) is 16.2. The van der Waals surface area contributed by atoms with Gasteiger partial charge in [-0.25, -0.2) is 4.98 Å². The molecule has 0 unspecified atom stereocenters. The third kappa shape index (κ3) is 4.42. The van der Waals surface area contributed by atoms with Crippen LogP contribution in [0.5, 0.6) is 0 Å². The summed E-state index contributed by atoms with van der Waals surface area (Å²) < 4.78 is 1.06. The molecule has 1 saturated heterocycles. The van der Waals surface area contributed by atoms with Crippen LogP contribution in [0.1, 0.15) is 12.1 Å². The van der Waals surface area contributed by atoms with Crippen molar-refractivity contribution in [2.45, 2.75) is 13.3 Å². The Morgan fingerprint density at radius 3 is 2.61 bits per heavy atom. The third-order valence-corrected chi connectivity index (χ3v) is 4.51. The number of nitrogens with one attached hydrogen (secondary N) is 1. The summed E-state index contributed by atoms with van der Waals surface area (Å²) in [6.07, 6.45) is 1.16. The summed E-state index contributed by atoms with van der Waals surface area (Å²) in [5.41, 5.74) is 1.97. The minimum Gasteiger partial charge on any atom is -0.355 e. The van der Waals surface area contributed by atoms with Gasteiger partial charge in [-0.2, -0.15) is 4.98 Å². The van der Waals surface area contributed by atoms with E-state index in [1.165, 1.54) is 0 Å². The van der Waals surface area contributed by atoms with E-state index in [1.54, 1.807) is 0 Å². The van der Waals surface area contributed by atoms with E-state index in [9.17, 15) is 0 Å². The third-order valence-electron chi connectivity index (χ3n) is 3.98. The molecule has 1 aromatic heterocycles. The first-order valence-electron chi connectivity index (χ1n) is 7.92. The Labute approximate surface area is 145 Å². The smallest absolute Gasteiger partial charge is 0.229 e. The van der Waals surface area contributed by atoms with Crippen LogP contribution in [-0.2, 0) is 0 Å². The van der Waals surface area contributed by atoms with Gasteiger partial charge in [0.25, 0.3) is 0 Å². The molecule has 23 heavy (non-hydrogen) atoms. The van der Waals surface area contributed by atoms with Crippen molar-refractivity contribution in [1.29, 1.82) is 0 Å². The van der Waals surface area contributed by atoms with Crippen molar-refractivity contribution in [2.24, 2.45) is 0 Å². The molecule has 0 radical (unpaired) electrons. The van der Waals surface area contributed by atoms with Crippen molar-refractivity contribution >= 4 is 33.4 Å². The molecule has 0 saturated carbocycles. The molecule has 0 spiro atoms. The van der Waals surface area contributed by atoms with Gasteiger partial charge in [-0.1, -0.05) is 15.9 Å². The summed E-state index contributed by atoms with van der Waals surface area (Å²) in [5.74, 6) is 1.66. The summed E-state index contributed by atoms with van der Waals surface area (Å²) in [4.78, 5) is 14.0.